The van der Waals surface area contributed by atoms with Gasteiger partial charge in [-0.2, -0.15) is 0 Å². The Bertz CT molecular complexity index is 415. The van der Waals surface area contributed by atoms with E-state index in [1.54, 1.807) is 7.11 Å². The first-order valence-electron chi connectivity index (χ1n) is 11.1. The van der Waals surface area contributed by atoms with Crippen molar-refractivity contribution in [2.45, 2.75) is 96.8 Å². The van der Waals surface area contributed by atoms with Gasteiger partial charge in [0.25, 0.3) is 0 Å². The highest BCUT2D eigenvalue weighted by atomic mass is 16.5. The summed E-state index contributed by atoms with van der Waals surface area (Å²) >= 11 is 0. The van der Waals surface area contributed by atoms with Gasteiger partial charge >= 0.3 is 0 Å². The molecule has 0 amide bonds. The third-order valence-electron chi connectivity index (χ3n) is 5.36. The molecule has 26 heavy (non-hydrogen) atoms. The lowest BCUT2D eigenvalue weighted by molar-refractivity contribution is 0.415. The van der Waals surface area contributed by atoms with E-state index >= 15 is 0 Å². The quantitative estimate of drug-likeness (QED) is 0.265. The number of anilines is 1. The molecule has 1 rings (SSSR count). The minimum atomic E-state index is 0.929. The van der Waals surface area contributed by atoms with Gasteiger partial charge in [0.05, 0.1) is 7.11 Å². The van der Waals surface area contributed by atoms with Crippen molar-refractivity contribution in [1.29, 1.82) is 0 Å². The van der Waals surface area contributed by atoms with Crippen LogP contribution in [0.4, 0.5) is 5.69 Å². The third kappa shape index (κ3) is 11.4. The van der Waals surface area contributed by atoms with E-state index in [4.69, 9.17) is 4.74 Å². The van der Waals surface area contributed by atoms with Crippen LogP contribution >= 0.6 is 0 Å². The second-order valence-electron chi connectivity index (χ2n) is 7.72. The summed E-state index contributed by atoms with van der Waals surface area (Å²) in [6.07, 6.45) is 19.9. The molecule has 0 aliphatic carbocycles. The molecule has 150 valence electrons. The molecule has 0 radical (unpaired) electrons. The van der Waals surface area contributed by atoms with Crippen LogP contribution < -0.4 is 9.64 Å². The predicted octanol–water partition coefficient (Wildman–Crippen LogP) is 7.61. The van der Waals surface area contributed by atoms with Crippen molar-refractivity contribution in [3.05, 3.63) is 24.3 Å². The normalized spacial score (nSPS) is 10.9. The summed E-state index contributed by atoms with van der Waals surface area (Å²) in [6.45, 7) is 3.43. The minimum Gasteiger partial charge on any atom is -0.497 e. The van der Waals surface area contributed by atoms with Gasteiger partial charge in [-0.3, -0.25) is 0 Å². The fourth-order valence-corrected chi connectivity index (χ4v) is 3.51. The van der Waals surface area contributed by atoms with Crippen LogP contribution in [-0.4, -0.2) is 20.7 Å². The number of hydrogen-bond donors (Lipinski definition) is 0. The molecular weight excluding hydrogens is 318 g/mol. The van der Waals surface area contributed by atoms with Crippen LogP contribution in [0.2, 0.25) is 0 Å². The zero-order chi connectivity index (χ0) is 18.9. The average molecular weight is 362 g/mol. The van der Waals surface area contributed by atoms with Crippen LogP contribution in [0.5, 0.6) is 5.75 Å². The first-order chi connectivity index (χ1) is 12.8. The molecule has 1 aromatic rings. The van der Waals surface area contributed by atoms with E-state index in [1.807, 2.05) is 12.1 Å². The lowest BCUT2D eigenvalue weighted by atomic mass is 10.0. The maximum Gasteiger partial charge on any atom is 0.119 e. The van der Waals surface area contributed by atoms with Gasteiger partial charge in [0.2, 0.25) is 0 Å². The van der Waals surface area contributed by atoms with Gasteiger partial charge in [-0.1, -0.05) is 90.4 Å². The summed E-state index contributed by atoms with van der Waals surface area (Å²) in [5.74, 6) is 0.929. The van der Waals surface area contributed by atoms with Crippen molar-refractivity contribution in [1.82, 2.24) is 0 Å². The van der Waals surface area contributed by atoms with E-state index in [-0.39, 0.29) is 0 Å². The van der Waals surface area contributed by atoms with Gasteiger partial charge in [-0.05, 0) is 30.7 Å². The molecule has 2 nitrogen and oxygen atoms in total. The van der Waals surface area contributed by atoms with Crippen LogP contribution in [0.1, 0.15) is 96.8 Å². The first kappa shape index (κ1) is 22.9. The molecule has 0 spiro atoms. The molecule has 0 aromatic heterocycles. The fraction of sp³-hybridized carbons (Fsp3) is 0.750. The Morgan fingerprint density at radius 1 is 0.654 bits per heavy atom. The Morgan fingerprint density at radius 2 is 1.08 bits per heavy atom. The maximum absolute atomic E-state index is 5.22. The lowest BCUT2D eigenvalue weighted by Crippen LogP contribution is -2.18. The first-order valence-corrected chi connectivity index (χ1v) is 11.1. The van der Waals surface area contributed by atoms with Crippen molar-refractivity contribution < 1.29 is 4.74 Å². The number of hydrogen-bond acceptors (Lipinski definition) is 2. The molecule has 0 heterocycles. The monoisotopic (exact) mass is 361 g/mol. The van der Waals surface area contributed by atoms with E-state index in [9.17, 15) is 0 Å². The van der Waals surface area contributed by atoms with Crippen molar-refractivity contribution in [2.75, 3.05) is 25.6 Å². The smallest absolute Gasteiger partial charge is 0.119 e. The molecule has 0 saturated carbocycles. The summed E-state index contributed by atoms with van der Waals surface area (Å²) in [4.78, 5) is 2.35. The van der Waals surface area contributed by atoms with Crippen LogP contribution in [-0.2, 0) is 0 Å². The van der Waals surface area contributed by atoms with Crippen molar-refractivity contribution in [3.63, 3.8) is 0 Å². The molecule has 0 fully saturated rings. The van der Waals surface area contributed by atoms with E-state index in [0.29, 0.717) is 0 Å². The van der Waals surface area contributed by atoms with Gasteiger partial charge < -0.3 is 9.64 Å². The second kappa shape index (κ2) is 16.0. The number of nitrogens with zero attached hydrogens (tertiary/aromatic N) is 1. The van der Waals surface area contributed by atoms with Crippen LogP contribution in [0.3, 0.4) is 0 Å². The summed E-state index contributed by atoms with van der Waals surface area (Å²) in [5, 5.41) is 0. The Hall–Kier alpha value is -1.18. The van der Waals surface area contributed by atoms with Gasteiger partial charge in [0.1, 0.15) is 5.75 Å². The molecule has 0 N–H and O–H groups in total. The fourth-order valence-electron chi connectivity index (χ4n) is 3.51. The zero-order valence-corrected chi connectivity index (χ0v) is 17.8. The Labute approximate surface area is 163 Å². The Balaban J connectivity index is 1.87. The molecule has 1 aromatic carbocycles. The van der Waals surface area contributed by atoms with Crippen molar-refractivity contribution >= 4 is 5.69 Å². The van der Waals surface area contributed by atoms with E-state index in [2.05, 4.69) is 31.0 Å². The SMILES string of the molecule is CCCCCCCCCCCCCCCCN(C)c1ccc(OC)cc1. The third-order valence-corrected chi connectivity index (χ3v) is 5.36. The zero-order valence-electron chi connectivity index (χ0n) is 17.8. The summed E-state index contributed by atoms with van der Waals surface area (Å²) in [6, 6.07) is 8.36. The van der Waals surface area contributed by atoms with E-state index < -0.39 is 0 Å². The Morgan fingerprint density at radius 3 is 1.50 bits per heavy atom. The van der Waals surface area contributed by atoms with Gasteiger partial charge in [0.15, 0.2) is 0 Å². The largest absolute Gasteiger partial charge is 0.497 e. The molecular formula is C24H43NO. The van der Waals surface area contributed by atoms with Crippen LogP contribution in [0.25, 0.3) is 0 Å². The summed E-state index contributed by atoms with van der Waals surface area (Å²) in [7, 11) is 3.90. The van der Waals surface area contributed by atoms with Crippen LogP contribution in [0.15, 0.2) is 24.3 Å². The topological polar surface area (TPSA) is 12.5 Å². The summed E-state index contributed by atoms with van der Waals surface area (Å²) in [5.41, 5.74) is 1.28. The number of methoxy groups -OCH3 is 1. The maximum atomic E-state index is 5.22. The van der Waals surface area contributed by atoms with Crippen molar-refractivity contribution in [2.24, 2.45) is 0 Å². The van der Waals surface area contributed by atoms with Crippen molar-refractivity contribution in [3.8, 4) is 5.75 Å². The van der Waals surface area contributed by atoms with Crippen LogP contribution in [0, 0.1) is 0 Å². The number of ether oxygens (including phenoxy) is 1. The highest BCUT2D eigenvalue weighted by Crippen LogP contribution is 2.19. The second-order valence-corrected chi connectivity index (χ2v) is 7.72. The number of unbranched alkanes of at least 4 members (excludes halogenated alkanes) is 13. The predicted molar refractivity (Wildman–Crippen MR) is 117 cm³/mol. The molecule has 0 unspecified atom stereocenters. The summed E-state index contributed by atoms with van der Waals surface area (Å²) < 4.78 is 5.22. The van der Waals surface area contributed by atoms with E-state index in [1.165, 1.54) is 95.6 Å². The average Bonchev–Trinajstić information content (AvgIpc) is 2.68. The van der Waals surface area contributed by atoms with E-state index in [0.717, 1.165) is 12.3 Å². The molecule has 2 heteroatoms. The molecule has 0 atom stereocenters. The van der Waals surface area contributed by atoms with Gasteiger partial charge in [-0.15, -0.1) is 0 Å². The number of benzene rings is 1. The molecule has 0 bridgehead atoms. The minimum absolute atomic E-state index is 0.929. The molecule has 0 aliphatic rings. The molecule has 0 saturated heterocycles. The highest BCUT2D eigenvalue weighted by Gasteiger charge is 2.01. The van der Waals surface area contributed by atoms with Gasteiger partial charge in [-0.25, -0.2) is 0 Å². The standard InChI is InChI=1S/C24H43NO/c1-4-5-6-7-8-9-10-11-12-13-14-15-16-17-22-25(2)23-18-20-24(26-3)21-19-23/h18-21H,4-17,22H2,1-3H3. The lowest BCUT2D eigenvalue weighted by Gasteiger charge is -2.19. The Kier molecular flexibility index (Phi) is 14.1. The van der Waals surface area contributed by atoms with Gasteiger partial charge in [0, 0.05) is 19.3 Å². The molecule has 0 aliphatic heterocycles. The number of rotatable bonds is 17. The highest BCUT2D eigenvalue weighted by molar-refractivity contribution is 5.48.